The van der Waals surface area contributed by atoms with Crippen molar-refractivity contribution in [3.05, 3.63) is 75.7 Å². The van der Waals surface area contributed by atoms with Crippen LogP contribution in [0.5, 0.6) is 0 Å². The van der Waals surface area contributed by atoms with Gasteiger partial charge in [-0.2, -0.15) is 5.10 Å². The fourth-order valence-electron chi connectivity index (χ4n) is 3.32. The Bertz CT molecular complexity index is 1140. The van der Waals surface area contributed by atoms with Crippen molar-refractivity contribution in [1.29, 1.82) is 0 Å². The summed E-state index contributed by atoms with van der Waals surface area (Å²) in [6.45, 7) is 4.50. The standard InChI is InChI=1S/C24H27N3O4/c1-3-4-15-27-23(29)20-12-8-7-11-19(20)22(26-27)24(30)31-16-21(28)25-14-13-18-10-6-5-9-17(18)2/h5-12H,3-4,13-16H2,1-2H3,(H,25,28). The predicted octanol–water partition coefficient (Wildman–Crippen LogP) is 3.02. The van der Waals surface area contributed by atoms with Crippen LogP contribution < -0.4 is 10.9 Å². The van der Waals surface area contributed by atoms with Gasteiger partial charge in [0, 0.05) is 18.5 Å². The fourth-order valence-corrected chi connectivity index (χ4v) is 3.32. The van der Waals surface area contributed by atoms with Gasteiger partial charge in [0.25, 0.3) is 11.5 Å². The SMILES string of the molecule is CCCCn1nc(C(=O)OCC(=O)NCCc2ccccc2C)c2ccccc2c1=O. The van der Waals surface area contributed by atoms with Crippen LogP contribution in [0.4, 0.5) is 0 Å². The normalized spacial score (nSPS) is 10.8. The minimum atomic E-state index is -0.726. The second-order valence-corrected chi connectivity index (χ2v) is 7.38. The molecule has 0 saturated heterocycles. The summed E-state index contributed by atoms with van der Waals surface area (Å²) in [6, 6.07) is 14.8. The molecule has 7 nitrogen and oxygen atoms in total. The quantitative estimate of drug-likeness (QED) is 0.537. The summed E-state index contributed by atoms with van der Waals surface area (Å²) in [7, 11) is 0. The van der Waals surface area contributed by atoms with Crippen LogP contribution in [0.25, 0.3) is 10.8 Å². The van der Waals surface area contributed by atoms with Crippen molar-refractivity contribution in [2.24, 2.45) is 0 Å². The maximum Gasteiger partial charge on any atom is 0.359 e. The first-order valence-corrected chi connectivity index (χ1v) is 10.5. The molecule has 0 unspecified atom stereocenters. The van der Waals surface area contributed by atoms with Gasteiger partial charge in [0.2, 0.25) is 0 Å². The Morgan fingerprint density at radius 1 is 1.06 bits per heavy atom. The summed E-state index contributed by atoms with van der Waals surface area (Å²) in [6.07, 6.45) is 2.35. The van der Waals surface area contributed by atoms with E-state index in [0.29, 0.717) is 30.3 Å². The lowest BCUT2D eigenvalue weighted by molar-refractivity contribution is -0.124. The van der Waals surface area contributed by atoms with E-state index < -0.39 is 12.6 Å². The van der Waals surface area contributed by atoms with Gasteiger partial charge in [0.15, 0.2) is 12.3 Å². The van der Waals surface area contributed by atoms with E-state index in [0.717, 1.165) is 18.4 Å². The third-order valence-corrected chi connectivity index (χ3v) is 5.10. The van der Waals surface area contributed by atoms with E-state index in [-0.39, 0.29) is 17.2 Å². The molecule has 3 rings (SSSR count). The number of unbranched alkanes of at least 4 members (excludes halogenated alkanes) is 1. The Hall–Kier alpha value is -3.48. The molecule has 1 N–H and O–H groups in total. The minimum Gasteiger partial charge on any atom is -0.451 e. The number of amides is 1. The lowest BCUT2D eigenvalue weighted by Gasteiger charge is -2.11. The van der Waals surface area contributed by atoms with Gasteiger partial charge in [-0.05, 0) is 37.0 Å². The summed E-state index contributed by atoms with van der Waals surface area (Å²) >= 11 is 0. The molecule has 1 heterocycles. The van der Waals surface area contributed by atoms with Gasteiger partial charge >= 0.3 is 5.97 Å². The van der Waals surface area contributed by atoms with Crippen LogP contribution in [0.2, 0.25) is 0 Å². The number of rotatable bonds is 9. The van der Waals surface area contributed by atoms with Crippen molar-refractivity contribution in [2.75, 3.05) is 13.2 Å². The van der Waals surface area contributed by atoms with Crippen LogP contribution >= 0.6 is 0 Å². The van der Waals surface area contributed by atoms with E-state index in [1.165, 1.54) is 10.2 Å². The monoisotopic (exact) mass is 421 g/mol. The molecule has 31 heavy (non-hydrogen) atoms. The molecular formula is C24H27N3O4. The molecule has 0 aliphatic heterocycles. The number of carbonyl (C=O) groups excluding carboxylic acids is 2. The van der Waals surface area contributed by atoms with Crippen LogP contribution in [0.1, 0.15) is 41.4 Å². The highest BCUT2D eigenvalue weighted by molar-refractivity contribution is 6.02. The Balaban J connectivity index is 1.64. The molecule has 1 amide bonds. The first kappa shape index (κ1) is 22.2. The number of hydrogen-bond donors (Lipinski definition) is 1. The van der Waals surface area contributed by atoms with Crippen LogP contribution in [0.15, 0.2) is 53.3 Å². The molecule has 0 bridgehead atoms. The summed E-state index contributed by atoms with van der Waals surface area (Å²) in [4.78, 5) is 37.4. The minimum absolute atomic E-state index is 0.0408. The van der Waals surface area contributed by atoms with Crippen molar-refractivity contribution in [2.45, 2.75) is 39.7 Å². The third kappa shape index (κ3) is 5.57. The molecule has 0 aliphatic rings. The second kappa shape index (κ2) is 10.5. The Labute approximate surface area is 181 Å². The van der Waals surface area contributed by atoms with E-state index in [2.05, 4.69) is 10.4 Å². The van der Waals surface area contributed by atoms with Crippen LogP contribution in [0, 0.1) is 6.92 Å². The Kier molecular flexibility index (Phi) is 7.54. The van der Waals surface area contributed by atoms with Gasteiger partial charge in [0.05, 0.1) is 5.39 Å². The van der Waals surface area contributed by atoms with Crippen molar-refractivity contribution in [1.82, 2.24) is 15.1 Å². The van der Waals surface area contributed by atoms with Crippen LogP contribution in [0.3, 0.4) is 0 Å². The zero-order valence-electron chi connectivity index (χ0n) is 17.9. The topological polar surface area (TPSA) is 90.3 Å². The molecule has 7 heteroatoms. The van der Waals surface area contributed by atoms with E-state index in [1.807, 2.05) is 38.1 Å². The van der Waals surface area contributed by atoms with Gasteiger partial charge in [-0.15, -0.1) is 0 Å². The number of hydrogen-bond acceptors (Lipinski definition) is 5. The number of nitrogens with zero attached hydrogens (tertiary/aromatic N) is 2. The molecule has 0 aliphatic carbocycles. The van der Waals surface area contributed by atoms with Crippen molar-refractivity contribution < 1.29 is 14.3 Å². The number of ether oxygens (including phenoxy) is 1. The smallest absolute Gasteiger partial charge is 0.359 e. The Morgan fingerprint density at radius 3 is 2.52 bits per heavy atom. The molecule has 162 valence electrons. The third-order valence-electron chi connectivity index (χ3n) is 5.10. The largest absolute Gasteiger partial charge is 0.451 e. The number of aromatic nitrogens is 2. The summed E-state index contributed by atoms with van der Waals surface area (Å²) < 4.78 is 6.49. The zero-order chi connectivity index (χ0) is 22.2. The molecule has 2 aromatic carbocycles. The molecule has 1 aromatic heterocycles. The molecule has 3 aromatic rings. The molecule has 0 radical (unpaired) electrons. The second-order valence-electron chi connectivity index (χ2n) is 7.38. The molecule has 0 spiro atoms. The van der Waals surface area contributed by atoms with Gasteiger partial charge in [0.1, 0.15) is 0 Å². The van der Waals surface area contributed by atoms with E-state index in [9.17, 15) is 14.4 Å². The van der Waals surface area contributed by atoms with Crippen LogP contribution in [-0.4, -0.2) is 34.8 Å². The number of aryl methyl sites for hydroxylation is 2. The summed E-state index contributed by atoms with van der Waals surface area (Å²) in [5.41, 5.74) is 2.12. The maximum atomic E-state index is 12.7. The lowest BCUT2D eigenvalue weighted by atomic mass is 10.1. The van der Waals surface area contributed by atoms with Gasteiger partial charge in [-0.3, -0.25) is 9.59 Å². The highest BCUT2D eigenvalue weighted by Gasteiger charge is 2.19. The van der Waals surface area contributed by atoms with Gasteiger partial charge in [-0.1, -0.05) is 55.8 Å². The fraction of sp³-hybridized carbons (Fsp3) is 0.333. The predicted molar refractivity (Wildman–Crippen MR) is 119 cm³/mol. The van der Waals surface area contributed by atoms with E-state index in [1.54, 1.807) is 24.3 Å². The number of esters is 1. The number of nitrogens with one attached hydrogen (secondary N) is 1. The average molecular weight is 421 g/mol. The molecular weight excluding hydrogens is 394 g/mol. The molecule has 0 fully saturated rings. The van der Waals surface area contributed by atoms with Crippen molar-refractivity contribution in [3.63, 3.8) is 0 Å². The summed E-state index contributed by atoms with van der Waals surface area (Å²) in [5, 5.41) is 7.81. The number of benzene rings is 2. The number of fused-ring (bicyclic) bond motifs is 1. The first-order valence-electron chi connectivity index (χ1n) is 10.5. The molecule has 0 atom stereocenters. The summed E-state index contributed by atoms with van der Waals surface area (Å²) in [5.74, 6) is -1.11. The van der Waals surface area contributed by atoms with Gasteiger partial charge < -0.3 is 10.1 Å². The number of carbonyl (C=O) groups is 2. The highest BCUT2D eigenvalue weighted by atomic mass is 16.5. The van der Waals surface area contributed by atoms with E-state index in [4.69, 9.17) is 4.74 Å². The Morgan fingerprint density at radius 2 is 1.77 bits per heavy atom. The van der Waals surface area contributed by atoms with Crippen molar-refractivity contribution in [3.8, 4) is 0 Å². The molecule has 0 saturated carbocycles. The van der Waals surface area contributed by atoms with Gasteiger partial charge in [-0.25, -0.2) is 9.48 Å². The first-order chi connectivity index (χ1) is 15.0. The average Bonchev–Trinajstić information content (AvgIpc) is 2.78. The lowest BCUT2D eigenvalue weighted by Crippen LogP contribution is -2.31. The highest BCUT2D eigenvalue weighted by Crippen LogP contribution is 2.14. The van der Waals surface area contributed by atoms with Crippen LogP contribution in [-0.2, 0) is 22.5 Å². The maximum absolute atomic E-state index is 12.7. The van der Waals surface area contributed by atoms with E-state index >= 15 is 0 Å². The zero-order valence-corrected chi connectivity index (χ0v) is 17.9. The van der Waals surface area contributed by atoms with Crippen molar-refractivity contribution >= 4 is 22.6 Å².